The summed E-state index contributed by atoms with van der Waals surface area (Å²) in [5.74, 6) is 0.222. The minimum atomic E-state index is -0.0248. The first kappa shape index (κ1) is 18.7. The van der Waals surface area contributed by atoms with E-state index in [9.17, 15) is 4.79 Å². The summed E-state index contributed by atoms with van der Waals surface area (Å²) in [5, 5.41) is 1.89. The molecule has 0 aliphatic carbocycles. The van der Waals surface area contributed by atoms with Crippen molar-refractivity contribution in [2.45, 2.75) is 12.0 Å². The van der Waals surface area contributed by atoms with Crippen LogP contribution >= 0.6 is 36.2 Å². The van der Waals surface area contributed by atoms with E-state index in [1.807, 2.05) is 32.9 Å². The largest absolute Gasteiger partial charge is 0.335 e. The summed E-state index contributed by atoms with van der Waals surface area (Å²) in [5.41, 5.74) is 8.14. The summed E-state index contributed by atoms with van der Waals surface area (Å²) in [6.07, 6.45) is 3.45. The minimum absolute atomic E-state index is 0. The zero-order chi connectivity index (χ0) is 15.1. The van der Waals surface area contributed by atoms with Crippen molar-refractivity contribution in [1.82, 2.24) is 14.3 Å². The Hall–Kier alpha value is -1.60. The Morgan fingerprint density at radius 2 is 1.96 bits per heavy atom. The van der Waals surface area contributed by atoms with Gasteiger partial charge in [-0.15, -0.1) is 36.2 Å². The molecule has 8 heteroatoms. The number of benzene rings is 1. The highest BCUT2D eigenvalue weighted by Gasteiger charge is 2.35. The number of carbonyl (C=O) groups is 1. The lowest BCUT2D eigenvalue weighted by Gasteiger charge is -2.16. The topological polar surface area (TPSA) is 63.6 Å². The van der Waals surface area contributed by atoms with Crippen molar-refractivity contribution in [3.63, 3.8) is 0 Å². The summed E-state index contributed by atoms with van der Waals surface area (Å²) in [6.45, 7) is 1.25. The first-order valence-electron chi connectivity index (χ1n) is 7.23. The molecule has 128 valence electrons. The van der Waals surface area contributed by atoms with Crippen molar-refractivity contribution in [2.75, 3.05) is 13.1 Å². The molecule has 1 fully saturated rings. The fourth-order valence-electron chi connectivity index (χ4n) is 3.09. The van der Waals surface area contributed by atoms with Gasteiger partial charge in [-0.25, -0.2) is 4.98 Å². The molecule has 0 unspecified atom stereocenters. The molecule has 1 saturated heterocycles. The SMILES string of the molecule is Cl.Cl.N[C@@H]1CN(C(=O)c2csc3cncn23)C[C@H]1c1ccccc1. The van der Waals surface area contributed by atoms with E-state index in [4.69, 9.17) is 5.73 Å². The van der Waals surface area contributed by atoms with Gasteiger partial charge in [0.2, 0.25) is 0 Å². The average molecular weight is 385 g/mol. The van der Waals surface area contributed by atoms with Gasteiger partial charge in [0, 0.05) is 30.4 Å². The van der Waals surface area contributed by atoms with Crippen LogP contribution in [0.1, 0.15) is 22.0 Å². The van der Waals surface area contributed by atoms with E-state index in [0.717, 1.165) is 4.83 Å². The zero-order valence-corrected chi connectivity index (χ0v) is 15.2. The Morgan fingerprint density at radius 1 is 1.21 bits per heavy atom. The van der Waals surface area contributed by atoms with Gasteiger partial charge in [0.15, 0.2) is 0 Å². The van der Waals surface area contributed by atoms with E-state index >= 15 is 0 Å². The van der Waals surface area contributed by atoms with E-state index in [1.54, 1.807) is 12.5 Å². The van der Waals surface area contributed by atoms with Gasteiger partial charge in [0.25, 0.3) is 5.91 Å². The van der Waals surface area contributed by atoms with Crippen molar-refractivity contribution < 1.29 is 4.79 Å². The first-order chi connectivity index (χ1) is 10.7. The highest BCUT2D eigenvalue weighted by molar-refractivity contribution is 7.15. The number of amides is 1. The van der Waals surface area contributed by atoms with Crippen LogP contribution in [-0.4, -0.2) is 39.3 Å². The molecule has 2 aromatic heterocycles. The van der Waals surface area contributed by atoms with E-state index < -0.39 is 0 Å². The van der Waals surface area contributed by atoms with Crippen molar-refractivity contribution in [2.24, 2.45) is 5.73 Å². The van der Waals surface area contributed by atoms with Crippen LogP contribution in [0.25, 0.3) is 4.83 Å². The second kappa shape index (κ2) is 7.53. The van der Waals surface area contributed by atoms with Gasteiger partial charge in [-0.2, -0.15) is 0 Å². The zero-order valence-electron chi connectivity index (χ0n) is 12.7. The molecule has 2 N–H and O–H groups in total. The fraction of sp³-hybridized carbons (Fsp3) is 0.250. The predicted molar refractivity (Wildman–Crippen MR) is 101 cm³/mol. The molecule has 5 nitrogen and oxygen atoms in total. The molecule has 1 aliphatic rings. The summed E-state index contributed by atoms with van der Waals surface area (Å²) < 4.78 is 1.84. The average Bonchev–Trinajstić information content (AvgIpc) is 3.22. The summed E-state index contributed by atoms with van der Waals surface area (Å²) >= 11 is 1.53. The van der Waals surface area contributed by atoms with Gasteiger partial charge in [-0.05, 0) is 5.56 Å². The van der Waals surface area contributed by atoms with Crippen LogP contribution in [0.2, 0.25) is 0 Å². The van der Waals surface area contributed by atoms with Crippen molar-refractivity contribution in [1.29, 1.82) is 0 Å². The Labute approximate surface area is 156 Å². The molecular weight excluding hydrogens is 367 g/mol. The van der Waals surface area contributed by atoms with Crippen LogP contribution in [0.4, 0.5) is 0 Å². The Balaban J connectivity index is 0.00000104. The normalized spacial score (nSPS) is 19.8. The maximum atomic E-state index is 12.8. The smallest absolute Gasteiger partial charge is 0.271 e. The number of hydrogen-bond acceptors (Lipinski definition) is 4. The minimum Gasteiger partial charge on any atom is -0.335 e. The van der Waals surface area contributed by atoms with Crippen molar-refractivity contribution in [3.05, 3.63) is 59.5 Å². The molecule has 4 rings (SSSR count). The number of rotatable bonds is 2. The van der Waals surface area contributed by atoms with Crippen LogP contribution in [0.3, 0.4) is 0 Å². The van der Waals surface area contributed by atoms with Gasteiger partial charge in [-0.3, -0.25) is 9.20 Å². The third kappa shape index (κ3) is 3.15. The maximum Gasteiger partial charge on any atom is 0.271 e. The van der Waals surface area contributed by atoms with Crippen LogP contribution in [0.5, 0.6) is 0 Å². The van der Waals surface area contributed by atoms with Gasteiger partial charge in [0.1, 0.15) is 16.9 Å². The fourth-order valence-corrected chi connectivity index (χ4v) is 3.91. The van der Waals surface area contributed by atoms with Crippen molar-refractivity contribution in [3.8, 4) is 0 Å². The molecule has 0 spiro atoms. The highest BCUT2D eigenvalue weighted by atomic mass is 35.5. The highest BCUT2D eigenvalue weighted by Crippen LogP contribution is 2.28. The lowest BCUT2D eigenvalue weighted by molar-refractivity contribution is 0.0782. The molecule has 1 aliphatic heterocycles. The third-order valence-corrected chi connectivity index (χ3v) is 5.14. The van der Waals surface area contributed by atoms with Crippen LogP contribution in [0, 0.1) is 0 Å². The summed E-state index contributed by atoms with van der Waals surface area (Å²) in [6, 6.07) is 10.2. The van der Waals surface area contributed by atoms with Crippen molar-refractivity contribution >= 4 is 46.9 Å². The summed E-state index contributed by atoms with van der Waals surface area (Å²) in [4.78, 5) is 19.7. The van der Waals surface area contributed by atoms with E-state index in [2.05, 4.69) is 17.1 Å². The van der Waals surface area contributed by atoms with Gasteiger partial charge >= 0.3 is 0 Å². The van der Waals surface area contributed by atoms with Gasteiger partial charge in [-0.1, -0.05) is 30.3 Å². The first-order valence-corrected chi connectivity index (χ1v) is 8.11. The van der Waals surface area contributed by atoms with E-state index in [-0.39, 0.29) is 42.7 Å². The Bertz CT molecular complexity index is 820. The molecule has 1 aromatic carbocycles. The number of thiazole rings is 1. The predicted octanol–water partition coefficient (Wildman–Crippen LogP) is 2.81. The number of imidazole rings is 1. The molecule has 0 bridgehead atoms. The van der Waals surface area contributed by atoms with E-state index in [1.165, 1.54) is 16.9 Å². The molecular formula is C16H18Cl2N4OS. The number of nitrogens with two attached hydrogens (primary N) is 1. The van der Waals surface area contributed by atoms with E-state index in [0.29, 0.717) is 18.8 Å². The number of carbonyl (C=O) groups excluding carboxylic acids is 1. The number of aromatic nitrogens is 2. The molecule has 1 amide bonds. The molecule has 0 saturated carbocycles. The molecule has 3 heterocycles. The lowest BCUT2D eigenvalue weighted by Crippen LogP contribution is -2.32. The lowest BCUT2D eigenvalue weighted by atomic mass is 9.95. The third-order valence-electron chi connectivity index (χ3n) is 4.25. The summed E-state index contributed by atoms with van der Waals surface area (Å²) in [7, 11) is 0. The standard InChI is InChI=1S/C16H16N4OS.2ClH/c17-13-8-19(7-12(13)11-4-2-1-3-5-11)16(21)14-9-22-15-6-18-10-20(14)15;;/h1-6,9-10,12-13H,7-8,17H2;2*1H/t12-,13+;;/m0../s1. The Morgan fingerprint density at radius 3 is 2.71 bits per heavy atom. The molecule has 2 atom stereocenters. The second-order valence-electron chi connectivity index (χ2n) is 5.61. The molecule has 24 heavy (non-hydrogen) atoms. The van der Waals surface area contributed by atoms with Gasteiger partial charge < -0.3 is 10.6 Å². The van der Waals surface area contributed by atoms with Crippen LogP contribution in [-0.2, 0) is 0 Å². The Kier molecular flexibility index (Phi) is 5.87. The number of nitrogens with zero attached hydrogens (tertiary/aromatic N) is 3. The van der Waals surface area contributed by atoms with Crippen LogP contribution in [0.15, 0.2) is 48.2 Å². The number of fused-ring (bicyclic) bond motifs is 1. The number of halogens is 2. The van der Waals surface area contributed by atoms with Gasteiger partial charge in [0.05, 0.1) is 6.20 Å². The second-order valence-corrected chi connectivity index (χ2v) is 6.50. The molecule has 3 aromatic rings. The quantitative estimate of drug-likeness (QED) is 0.738. The number of likely N-dealkylation sites (tertiary alicyclic amines) is 1. The molecule has 0 radical (unpaired) electrons. The monoisotopic (exact) mass is 384 g/mol. The number of hydrogen-bond donors (Lipinski definition) is 1. The van der Waals surface area contributed by atoms with Crippen LogP contribution < -0.4 is 5.73 Å². The maximum absolute atomic E-state index is 12.8.